The lowest BCUT2D eigenvalue weighted by atomic mass is 10.1. The Morgan fingerprint density at radius 1 is 0.960 bits per heavy atom. The second-order valence-corrected chi connectivity index (χ2v) is 6.86. The molecule has 132 valence electrons. The Morgan fingerprint density at radius 2 is 1.56 bits per heavy atom. The number of anilines is 1. The van der Waals surface area contributed by atoms with Crippen molar-refractivity contribution in [2.75, 3.05) is 5.32 Å². The molecule has 0 saturated carbocycles. The van der Waals surface area contributed by atoms with Gasteiger partial charge in [0.2, 0.25) is 0 Å². The van der Waals surface area contributed by atoms with Gasteiger partial charge in [-0.2, -0.15) is 0 Å². The Balaban J connectivity index is 1.97. The molecule has 0 aliphatic rings. The summed E-state index contributed by atoms with van der Waals surface area (Å²) in [6, 6.07) is 16.3. The zero-order valence-corrected chi connectivity index (χ0v) is 15.0. The molecule has 5 heteroatoms. The Morgan fingerprint density at radius 3 is 2.12 bits per heavy atom. The average Bonchev–Trinajstić information content (AvgIpc) is 2.54. The minimum absolute atomic E-state index is 0.184. The summed E-state index contributed by atoms with van der Waals surface area (Å²) in [6.45, 7) is 7.46. The summed E-state index contributed by atoms with van der Waals surface area (Å²) in [5, 5.41) is 5.58. The highest BCUT2D eigenvalue weighted by atomic mass is 16.6. The largest absolute Gasteiger partial charge is 0.442 e. The fourth-order valence-corrected chi connectivity index (χ4v) is 2.19. The summed E-state index contributed by atoms with van der Waals surface area (Å²) in [5.41, 5.74) is 1.75. The molecule has 0 unspecified atom stereocenters. The lowest BCUT2D eigenvalue weighted by molar-refractivity contribution is 0.0991. The molecule has 1 atom stereocenters. The highest BCUT2D eigenvalue weighted by Crippen LogP contribution is 2.18. The van der Waals surface area contributed by atoms with Crippen molar-refractivity contribution in [1.82, 2.24) is 5.32 Å². The van der Waals surface area contributed by atoms with Crippen LogP contribution in [0.25, 0.3) is 0 Å². The first kappa shape index (κ1) is 18.5. The van der Waals surface area contributed by atoms with Crippen molar-refractivity contribution in [2.24, 2.45) is 0 Å². The highest BCUT2D eigenvalue weighted by Gasteiger charge is 2.18. The number of ether oxygens (including phenoxy) is 1. The van der Waals surface area contributed by atoms with E-state index < -0.39 is 12.2 Å². The van der Waals surface area contributed by atoms with Crippen LogP contribution in [0.5, 0.6) is 0 Å². The van der Waals surface area contributed by atoms with E-state index in [4.69, 9.17) is 4.74 Å². The molecule has 25 heavy (non-hydrogen) atoms. The SMILES string of the molecule is C[C@H](OC(=O)NC(C)(C)C)c1ccc(C(=O)Nc2ccccc2)cc1. The van der Waals surface area contributed by atoms with Crippen LogP contribution in [0.2, 0.25) is 0 Å². The van der Waals surface area contributed by atoms with E-state index >= 15 is 0 Å². The molecule has 2 amide bonds. The fourth-order valence-electron chi connectivity index (χ4n) is 2.19. The van der Waals surface area contributed by atoms with Crippen LogP contribution < -0.4 is 10.6 Å². The van der Waals surface area contributed by atoms with Crippen LogP contribution in [0, 0.1) is 0 Å². The van der Waals surface area contributed by atoms with E-state index in [2.05, 4.69) is 10.6 Å². The maximum Gasteiger partial charge on any atom is 0.408 e. The van der Waals surface area contributed by atoms with Crippen LogP contribution in [-0.4, -0.2) is 17.5 Å². The first-order valence-electron chi connectivity index (χ1n) is 8.20. The number of nitrogens with one attached hydrogen (secondary N) is 2. The summed E-state index contributed by atoms with van der Waals surface area (Å²) >= 11 is 0. The van der Waals surface area contributed by atoms with Gasteiger partial charge in [0.25, 0.3) is 5.91 Å². The first-order valence-corrected chi connectivity index (χ1v) is 8.20. The molecule has 0 aromatic heterocycles. The number of alkyl carbamates (subject to hydrolysis) is 1. The van der Waals surface area contributed by atoms with Crippen LogP contribution in [0.4, 0.5) is 10.5 Å². The third-order valence-corrected chi connectivity index (χ3v) is 3.43. The van der Waals surface area contributed by atoms with Crippen molar-refractivity contribution in [3.63, 3.8) is 0 Å². The van der Waals surface area contributed by atoms with Gasteiger partial charge in [0, 0.05) is 16.8 Å². The van der Waals surface area contributed by atoms with Gasteiger partial charge in [-0.05, 0) is 57.5 Å². The number of para-hydroxylation sites is 1. The second kappa shape index (κ2) is 7.83. The molecule has 0 fully saturated rings. The van der Waals surface area contributed by atoms with Crippen molar-refractivity contribution in [3.8, 4) is 0 Å². The predicted molar refractivity (Wildman–Crippen MR) is 98.6 cm³/mol. The summed E-state index contributed by atoms with van der Waals surface area (Å²) in [6.07, 6.45) is -0.875. The van der Waals surface area contributed by atoms with Crippen molar-refractivity contribution >= 4 is 17.7 Å². The van der Waals surface area contributed by atoms with E-state index in [1.165, 1.54) is 0 Å². The third-order valence-electron chi connectivity index (χ3n) is 3.43. The summed E-state index contributed by atoms with van der Waals surface area (Å²) < 4.78 is 5.36. The van der Waals surface area contributed by atoms with Crippen molar-refractivity contribution < 1.29 is 14.3 Å². The maximum atomic E-state index is 12.2. The minimum Gasteiger partial charge on any atom is -0.442 e. The fraction of sp³-hybridized carbons (Fsp3) is 0.300. The number of amides is 2. The average molecular weight is 340 g/mol. The molecule has 0 spiro atoms. The number of hydrogen-bond acceptors (Lipinski definition) is 3. The molecule has 2 rings (SSSR count). The second-order valence-electron chi connectivity index (χ2n) is 6.86. The standard InChI is InChI=1S/C20H24N2O3/c1-14(25-19(24)22-20(2,3)4)15-10-12-16(13-11-15)18(23)21-17-8-6-5-7-9-17/h5-14H,1-4H3,(H,21,23)(H,22,24)/t14-/m0/s1. The van der Waals surface area contributed by atoms with Gasteiger partial charge >= 0.3 is 6.09 Å². The van der Waals surface area contributed by atoms with E-state index in [1.54, 1.807) is 31.2 Å². The topological polar surface area (TPSA) is 67.4 Å². The van der Waals surface area contributed by atoms with E-state index in [0.717, 1.165) is 11.3 Å². The lowest BCUT2D eigenvalue weighted by Crippen LogP contribution is -2.41. The molecule has 2 N–H and O–H groups in total. The molecule has 0 aliphatic heterocycles. The van der Waals surface area contributed by atoms with Gasteiger partial charge in [-0.1, -0.05) is 30.3 Å². The number of benzene rings is 2. The summed E-state index contributed by atoms with van der Waals surface area (Å²) in [7, 11) is 0. The maximum absolute atomic E-state index is 12.2. The molecular formula is C20H24N2O3. The molecule has 2 aromatic carbocycles. The van der Waals surface area contributed by atoms with Gasteiger partial charge < -0.3 is 15.4 Å². The third kappa shape index (κ3) is 5.95. The molecule has 0 heterocycles. The molecule has 0 aliphatic carbocycles. The first-order chi connectivity index (χ1) is 11.7. The van der Waals surface area contributed by atoms with Gasteiger partial charge in [0.05, 0.1) is 0 Å². The lowest BCUT2D eigenvalue weighted by Gasteiger charge is -2.22. The normalized spacial score (nSPS) is 12.2. The Bertz CT molecular complexity index is 719. The van der Waals surface area contributed by atoms with Crippen LogP contribution in [0.1, 0.15) is 49.7 Å². The number of carbonyl (C=O) groups excluding carboxylic acids is 2. The Hall–Kier alpha value is -2.82. The van der Waals surface area contributed by atoms with Gasteiger partial charge in [-0.3, -0.25) is 4.79 Å². The Labute approximate surface area is 148 Å². The Kier molecular flexibility index (Phi) is 5.80. The summed E-state index contributed by atoms with van der Waals surface area (Å²) in [4.78, 5) is 24.0. The summed E-state index contributed by atoms with van der Waals surface area (Å²) in [5.74, 6) is -0.184. The van der Waals surface area contributed by atoms with Crippen molar-refractivity contribution in [1.29, 1.82) is 0 Å². The molecule has 0 bridgehead atoms. The van der Waals surface area contributed by atoms with Crippen molar-refractivity contribution in [3.05, 3.63) is 65.7 Å². The monoisotopic (exact) mass is 340 g/mol. The van der Waals surface area contributed by atoms with E-state index in [-0.39, 0.29) is 11.4 Å². The molecule has 2 aromatic rings. The predicted octanol–water partition coefficient (Wildman–Crippen LogP) is 4.52. The van der Waals surface area contributed by atoms with Gasteiger partial charge in [-0.15, -0.1) is 0 Å². The number of hydrogen-bond donors (Lipinski definition) is 2. The van der Waals surface area contributed by atoms with Gasteiger partial charge in [0.1, 0.15) is 6.10 Å². The zero-order chi connectivity index (χ0) is 18.4. The van der Waals surface area contributed by atoms with E-state index in [9.17, 15) is 9.59 Å². The van der Waals surface area contributed by atoms with Crippen molar-refractivity contribution in [2.45, 2.75) is 39.3 Å². The molecule has 5 nitrogen and oxygen atoms in total. The van der Waals surface area contributed by atoms with E-state index in [0.29, 0.717) is 5.56 Å². The van der Waals surface area contributed by atoms with Crippen LogP contribution in [-0.2, 0) is 4.74 Å². The van der Waals surface area contributed by atoms with Crippen LogP contribution in [0.3, 0.4) is 0 Å². The van der Waals surface area contributed by atoms with Gasteiger partial charge in [-0.25, -0.2) is 4.79 Å². The molecular weight excluding hydrogens is 316 g/mol. The molecule has 0 radical (unpaired) electrons. The zero-order valence-electron chi connectivity index (χ0n) is 15.0. The van der Waals surface area contributed by atoms with Crippen LogP contribution >= 0.6 is 0 Å². The molecule has 0 saturated heterocycles. The van der Waals surface area contributed by atoms with E-state index in [1.807, 2.05) is 51.1 Å². The number of rotatable bonds is 4. The number of carbonyl (C=O) groups is 2. The smallest absolute Gasteiger partial charge is 0.408 e. The minimum atomic E-state index is -0.467. The van der Waals surface area contributed by atoms with Gasteiger partial charge in [0.15, 0.2) is 0 Å². The highest BCUT2D eigenvalue weighted by molar-refractivity contribution is 6.04. The van der Waals surface area contributed by atoms with Crippen LogP contribution in [0.15, 0.2) is 54.6 Å². The quantitative estimate of drug-likeness (QED) is 0.859.